The smallest absolute Gasteiger partial charge is 0.180 e. The Morgan fingerprint density at radius 1 is 1.57 bits per heavy atom. The summed E-state index contributed by atoms with van der Waals surface area (Å²) < 4.78 is 0. The van der Waals surface area contributed by atoms with Crippen molar-refractivity contribution >= 4 is 16.5 Å². The van der Waals surface area contributed by atoms with Crippen LogP contribution in [-0.2, 0) is 6.54 Å². The third kappa shape index (κ3) is 1.42. The van der Waals surface area contributed by atoms with E-state index in [1.54, 1.807) is 11.3 Å². The SMILES string of the molecule is Nc1nc(CN2CC3CCC2C3)cs1. The summed E-state index contributed by atoms with van der Waals surface area (Å²) in [5.41, 5.74) is 6.77. The van der Waals surface area contributed by atoms with Crippen molar-refractivity contribution in [2.75, 3.05) is 12.3 Å². The van der Waals surface area contributed by atoms with E-state index >= 15 is 0 Å². The summed E-state index contributed by atoms with van der Waals surface area (Å²) in [6.07, 6.45) is 4.25. The molecule has 4 heteroatoms. The maximum absolute atomic E-state index is 5.62. The first kappa shape index (κ1) is 8.68. The molecule has 0 radical (unpaired) electrons. The molecule has 2 aliphatic rings. The Hall–Kier alpha value is -0.610. The summed E-state index contributed by atoms with van der Waals surface area (Å²) in [5, 5.41) is 2.78. The molecule has 0 amide bonds. The van der Waals surface area contributed by atoms with Gasteiger partial charge in [-0.15, -0.1) is 11.3 Å². The van der Waals surface area contributed by atoms with Crippen molar-refractivity contribution in [3.8, 4) is 0 Å². The molecule has 76 valence electrons. The molecule has 2 atom stereocenters. The van der Waals surface area contributed by atoms with Crippen LogP contribution in [0, 0.1) is 5.92 Å². The van der Waals surface area contributed by atoms with Gasteiger partial charge in [-0.1, -0.05) is 0 Å². The van der Waals surface area contributed by atoms with Crippen molar-refractivity contribution in [2.45, 2.75) is 31.8 Å². The number of likely N-dealkylation sites (tertiary alicyclic amines) is 1. The molecule has 2 fully saturated rings. The number of nitrogens with two attached hydrogens (primary N) is 1. The lowest BCUT2D eigenvalue weighted by molar-refractivity contribution is 0.203. The van der Waals surface area contributed by atoms with Gasteiger partial charge in [0.2, 0.25) is 0 Å². The third-order valence-corrected chi connectivity index (χ3v) is 4.18. The second-order valence-corrected chi connectivity index (χ2v) is 5.33. The van der Waals surface area contributed by atoms with Crippen LogP contribution in [-0.4, -0.2) is 22.5 Å². The number of anilines is 1. The van der Waals surface area contributed by atoms with Crippen molar-refractivity contribution in [3.63, 3.8) is 0 Å². The summed E-state index contributed by atoms with van der Waals surface area (Å²) >= 11 is 1.55. The van der Waals surface area contributed by atoms with Crippen LogP contribution >= 0.6 is 11.3 Å². The fourth-order valence-corrected chi connectivity index (χ4v) is 3.38. The molecule has 2 unspecified atom stereocenters. The van der Waals surface area contributed by atoms with Crippen LogP contribution < -0.4 is 5.73 Å². The highest BCUT2D eigenvalue weighted by atomic mass is 32.1. The first-order valence-electron chi connectivity index (χ1n) is 5.25. The molecule has 1 aliphatic carbocycles. The van der Waals surface area contributed by atoms with Gasteiger partial charge in [-0.25, -0.2) is 4.98 Å². The van der Waals surface area contributed by atoms with Crippen molar-refractivity contribution in [3.05, 3.63) is 11.1 Å². The zero-order valence-corrected chi connectivity index (χ0v) is 8.96. The Morgan fingerprint density at radius 2 is 2.50 bits per heavy atom. The number of rotatable bonds is 2. The summed E-state index contributed by atoms with van der Waals surface area (Å²) in [4.78, 5) is 6.88. The van der Waals surface area contributed by atoms with Crippen molar-refractivity contribution in [1.29, 1.82) is 0 Å². The molecule has 1 aromatic heterocycles. The van der Waals surface area contributed by atoms with Gasteiger partial charge in [-0.05, 0) is 25.2 Å². The fraction of sp³-hybridized carbons (Fsp3) is 0.700. The number of aromatic nitrogens is 1. The Kier molecular flexibility index (Phi) is 1.99. The third-order valence-electron chi connectivity index (χ3n) is 3.46. The first-order chi connectivity index (χ1) is 6.81. The zero-order chi connectivity index (χ0) is 9.54. The summed E-state index contributed by atoms with van der Waals surface area (Å²) in [5.74, 6) is 0.969. The molecular weight excluding hydrogens is 194 g/mol. The van der Waals surface area contributed by atoms with Gasteiger partial charge in [-0.3, -0.25) is 4.90 Å². The predicted octanol–water partition coefficient (Wildman–Crippen LogP) is 1.71. The monoisotopic (exact) mass is 209 g/mol. The van der Waals surface area contributed by atoms with E-state index in [0.29, 0.717) is 5.13 Å². The van der Waals surface area contributed by atoms with Gasteiger partial charge in [-0.2, -0.15) is 0 Å². The molecule has 0 spiro atoms. The number of hydrogen-bond acceptors (Lipinski definition) is 4. The summed E-state index contributed by atoms with van der Waals surface area (Å²) in [6.45, 7) is 2.29. The molecule has 2 heterocycles. The number of hydrogen-bond donors (Lipinski definition) is 1. The molecule has 1 saturated carbocycles. The molecule has 3 nitrogen and oxygen atoms in total. The van der Waals surface area contributed by atoms with E-state index in [1.807, 2.05) is 0 Å². The Balaban J connectivity index is 1.68. The minimum absolute atomic E-state index is 0.698. The second kappa shape index (κ2) is 3.21. The van der Waals surface area contributed by atoms with Gasteiger partial charge < -0.3 is 5.73 Å². The normalized spacial score (nSPS) is 31.4. The maximum atomic E-state index is 5.62. The quantitative estimate of drug-likeness (QED) is 0.806. The largest absolute Gasteiger partial charge is 0.375 e. The van der Waals surface area contributed by atoms with Crippen molar-refractivity contribution in [2.24, 2.45) is 5.92 Å². The highest BCUT2D eigenvalue weighted by molar-refractivity contribution is 7.13. The van der Waals surface area contributed by atoms with E-state index in [4.69, 9.17) is 5.73 Å². The van der Waals surface area contributed by atoms with Gasteiger partial charge in [0.15, 0.2) is 5.13 Å². The molecule has 2 N–H and O–H groups in total. The standard InChI is InChI=1S/C10H15N3S/c11-10-12-8(6-14-10)5-13-4-7-1-2-9(13)3-7/h6-7,9H,1-5H2,(H2,11,12). The lowest BCUT2D eigenvalue weighted by Crippen LogP contribution is -2.31. The van der Waals surface area contributed by atoms with Gasteiger partial charge in [0.25, 0.3) is 0 Å². The number of piperidine rings is 1. The number of fused-ring (bicyclic) bond motifs is 2. The fourth-order valence-electron chi connectivity index (χ4n) is 2.82. The highest BCUT2D eigenvalue weighted by Gasteiger charge is 2.37. The topological polar surface area (TPSA) is 42.1 Å². The Morgan fingerprint density at radius 3 is 3.07 bits per heavy atom. The van der Waals surface area contributed by atoms with E-state index in [0.717, 1.165) is 24.2 Å². The van der Waals surface area contributed by atoms with Gasteiger partial charge in [0.05, 0.1) is 5.69 Å². The predicted molar refractivity (Wildman–Crippen MR) is 58.1 cm³/mol. The van der Waals surface area contributed by atoms with Gasteiger partial charge >= 0.3 is 0 Å². The Bertz CT molecular complexity index is 336. The molecule has 2 bridgehead atoms. The van der Waals surface area contributed by atoms with E-state index in [2.05, 4.69) is 15.3 Å². The minimum Gasteiger partial charge on any atom is -0.375 e. The molecule has 0 aromatic carbocycles. The maximum Gasteiger partial charge on any atom is 0.180 e. The van der Waals surface area contributed by atoms with Crippen LogP contribution in [0.3, 0.4) is 0 Å². The number of nitrogen functional groups attached to an aromatic ring is 1. The van der Waals surface area contributed by atoms with Crippen LogP contribution in [0.4, 0.5) is 5.13 Å². The molecule has 1 saturated heterocycles. The van der Waals surface area contributed by atoms with Crippen LogP contribution in [0.2, 0.25) is 0 Å². The first-order valence-corrected chi connectivity index (χ1v) is 6.13. The average Bonchev–Trinajstić information content (AvgIpc) is 2.82. The van der Waals surface area contributed by atoms with Crippen LogP contribution in [0.1, 0.15) is 25.0 Å². The molecule has 1 aliphatic heterocycles. The lowest BCUT2D eigenvalue weighted by Gasteiger charge is -2.25. The zero-order valence-electron chi connectivity index (χ0n) is 8.15. The van der Waals surface area contributed by atoms with E-state index in [1.165, 1.54) is 25.8 Å². The molecule has 3 rings (SSSR count). The lowest BCUT2D eigenvalue weighted by atomic mass is 10.1. The molecule has 1 aromatic rings. The minimum atomic E-state index is 0.698. The average molecular weight is 209 g/mol. The van der Waals surface area contributed by atoms with E-state index in [9.17, 15) is 0 Å². The highest BCUT2D eigenvalue weighted by Crippen LogP contribution is 2.38. The number of thiazole rings is 1. The number of nitrogens with zero attached hydrogens (tertiary/aromatic N) is 2. The van der Waals surface area contributed by atoms with Crippen LogP contribution in [0.15, 0.2) is 5.38 Å². The van der Waals surface area contributed by atoms with Gasteiger partial charge in [0.1, 0.15) is 0 Å². The van der Waals surface area contributed by atoms with Crippen LogP contribution in [0.5, 0.6) is 0 Å². The van der Waals surface area contributed by atoms with E-state index in [-0.39, 0.29) is 0 Å². The van der Waals surface area contributed by atoms with Gasteiger partial charge in [0, 0.05) is 24.5 Å². The van der Waals surface area contributed by atoms with Crippen molar-refractivity contribution < 1.29 is 0 Å². The molecular formula is C10H15N3S. The van der Waals surface area contributed by atoms with Crippen molar-refractivity contribution in [1.82, 2.24) is 9.88 Å². The summed E-state index contributed by atoms with van der Waals surface area (Å²) in [6, 6.07) is 0.836. The summed E-state index contributed by atoms with van der Waals surface area (Å²) in [7, 11) is 0. The van der Waals surface area contributed by atoms with E-state index < -0.39 is 0 Å². The Labute approximate surface area is 87.9 Å². The second-order valence-electron chi connectivity index (χ2n) is 4.44. The molecule has 14 heavy (non-hydrogen) atoms. The van der Waals surface area contributed by atoms with Crippen LogP contribution in [0.25, 0.3) is 0 Å².